The second kappa shape index (κ2) is 15.5. The monoisotopic (exact) mass is 608 g/mol. The number of anilines is 2. The highest BCUT2D eigenvalue weighted by Crippen LogP contribution is 2.32. The Morgan fingerprint density at radius 1 is 0.953 bits per heavy atom. The van der Waals surface area contributed by atoms with Crippen molar-refractivity contribution >= 4 is 35.0 Å². The Morgan fingerprint density at radius 2 is 1.60 bits per heavy atom. The van der Waals surface area contributed by atoms with Crippen molar-refractivity contribution in [2.75, 3.05) is 70.5 Å². The number of nitrogens with one attached hydrogen (secondary N) is 2. The topological polar surface area (TPSA) is 176 Å². The second-order valence-corrected chi connectivity index (χ2v) is 9.59. The van der Waals surface area contributed by atoms with E-state index in [0.717, 1.165) is 4.90 Å². The van der Waals surface area contributed by atoms with Crippen LogP contribution in [-0.2, 0) is 35.1 Å². The summed E-state index contributed by atoms with van der Waals surface area (Å²) in [5, 5.41) is 9.00. The maximum atomic E-state index is 13.1. The zero-order valence-corrected chi connectivity index (χ0v) is 23.4. The second-order valence-electron chi connectivity index (χ2n) is 9.59. The smallest absolute Gasteiger partial charge is 0.284 e. The number of nitrogen functional groups attached to an aromatic ring is 1. The van der Waals surface area contributed by atoms with Gasteiger partial charge in [-0.25, -0.2) is 8.78 Å². The molecule has 14 nitrogen and oxygen atoms in total. The van der Waals surface area contributed by atoms with Crippen molar-refractivity contribution in [1.82, 2.24) is 20.0 Å². The van der Waals surface area contributed by atoms with Gasteiger partial charge in [-0.05, 0) is 18.6 Å². The zero-order chi connectivity index (χ0) is 30.8. The lowest BCUT2D eigenvalue weighted by atomic mass is 10.0. The van der Waals surface area contributed by atoms with Gasteiger partial charge in [0.1, 0.15) is 6.04 Å². The lowest BCUT2D eigenvalue weighted by Gasteiger charge is -2.27. The Labute approximate surface area is 245 Å². The summed E-state index contributed by atoms with van der Waals surface area (Å²) in [5.41, 5.74) is 5.86. The van der Waals surface area contributed by atoms with Crippen LogP contribution >= 0.6 is 0 Å². The Morgan fingerprint density at radius 3 is 2.23 bits per heavy atom. The maximum absolute atomic E-state index is 13.1. The first-order valence-corrected chi connectivity index (χ1v) is 13.8. The summed E-state index contributed by atoms with van der Waals surface area (Å²) in [6.07, 6.45) is -1.22. The van der Waals surface area contributed by atoms with E-state index in [2.05, 4.69) is 15.7 Å². The number of aromatic nitrogens is 2. The fourth-order valence-corrected chi connectivity index (χ4v) is 4.58. The molecule has 4 amide bonds. The third-order valence-electron chi connectivity index (χ3n) is 6.64. The number of piperidine rings is 1. The number of alkyl halides is 2. The lowest BCUT2D eigenvalue weighted by Crippen LogP contribution is -2.54. The van der Waals surface area contributed by atoms with Crippen LogP contribution in [0.15, 0.2) is 24.4 Å². The predicted molar refractivity (Wildman–Crippen MR) is 146 cm³/mol. The third kappa shape index (κ3) is 8.31. The minimum atomic E-state index is -2.72. The molecule has 2 aliphatic rings. The van der Waals surface area contributed by atoms with Crippen molar-refractivity contribution in [2.45, 2.75) is 31.9 Å². The third-order valence-corrected chi connectivity index (χ3v) is 6.64. The highest BCUT2D eigenvalue weighted by molar-refractivity contribution is 6.25. The van der Waals surface area contributed by atoms with Gasteiger partial charge in [0.2, 0.25) is 11.8 Å². The molecule has 1 aromatic heterocycles. The van der Waals surface area contributed by atoms with Gasteiger partial charge >= 0.3 is 0 Å². The molecule has 1 saturated heterocycles. The summed E-state index contributed by atoms with van der Waals surface area (Å²) in [6, 6.07) is 3.83. The molecular formula is C27H34F2N6O8. The SMILES string of the molecule is Nc1cn(CCOCCOCCOCCOCCNc2cccc3c2C(=O)N(C2CCC(=O)NC2=O)C3=O)nc1C(F)F. The molecule has 1 aromatic carbocycles. The fraction of sp³-hybridized carbons (Fsp3) is 0.519. The number of halogens is 2. The summed E-state index contributed by atoms with van der Waals surface area (Å²) in [6.45, 7) is 3.33. The largest absolute Gasteiger partial charge is 0.396 e. The normalized spacial score (nSPS) is 16.7. The summed E-state index contributed by atoms with van der Waals surface area (Å²) in [7, 11) is 0. The molecule has 0 spiro atoms. The van der Waals surface area contributed by atoms with Gasteiger partial charge in [0, 0.05) is 24.8 Å². The van der Waals surface area contributed by atoms with Gasteiger partial charge in [-0.3, -0.25) is 34.1 Å². The van der Waals surface area contributed by atoms with E-state index in [9.17, 15) is 28.0 Å². The zero-order valence-electron chi connectivity index (χ0n) is 23.4. The Balaban J connectivity index is 1.03. The molecule has 1 fully saturated rings. The van der Waals surface area contributed by atoms with Gasteiger partial charge in [-0.1, -0.05) is 6.07 Å². The molecule has 1 unspecified atom stereocenters. The van der Waals surface area contributed by atoms with E-state index in [1.54, 1.807) is 12.1 Å². The molecule has 2 aliphatic heterocycles. The standard InChI is InChI=1S/C27H34F2N6O8/c28-24(29)23-18(30)16-34(33-23)7-9-41-11-13-43-15-14-42-12-10-40-8-6-31-19-3-1-2-17-22(19)27(39)35(26(17)38)20-4-5-21(36)32-25(20)37/h1-3,16,20,24,31H,4-15,30H2,(H,32,36,37). The van der Waals surface area contributed by atoms with Crippen LogP contribution in [0.4, 0.5) is 20.2 Å². The fourth-order valence-electron chi connectivity index (χ4n) is 4.58. The van der Waals surface area contributed by atoms with Crippen LogP contribution < -0.4 is 16.4 Å². The number of hydrogen-bond donors (Lipinski definition) is 3. The van der Waals surface area contributed by atoms with Gasteiger partial charge in [0.15, 0.2) is 5.69 Å². The predicted octanol–water partition coefficient (Wildman–Crippen LogP) is 0.983. The molecule has 3 heterocycles. The number of benzene rings is 1. The van der Waals surface area contributed by atoms with Crippen LogP contribution in [0.3, 0.4) is 0 Å². The van der Waals surface area contributed by atoms with Crippen molar-refractivity contribution in [3.63, 3.8) is 0 Å². The first-order chi connectivity index (χ1) is 20.8. The highest BCUT2D eigenvalue weighted by atomic mass is 19.3. The summed E-state index contributed by atoms with van der Waals surface area (Å²) in [5.74, 6) is -2.22. The van der Waals surface area contributed by atoms with Gasteiger partial charge in [0.25, 0.3) is 18.2 Å². The molecular weight excluding hydrogens is 574 g/mol. The Bertz CT molecular complexity index is 1310. The number of carbonyl (C=O) groups excluding carboxylic acids is 4. The van der Waals surface area contributed by atoms with Crippen LogP contribution in [0, 0.1) is 0 Å². The Hall–Kier alpha value is -3.99. The van der Waals surface area contributed by atoms with Crippen molar-refractivity contribution in [2.24, 2.45) is 0 Å². The number of hydrogen-bond acceptors (Lipinski definition) is 11. The number of nitrogens with zero attached hydrogens (tertiary/aromatic N) is 3. The van der Waals surface area contributed by atoms with Crippen molar-refractivity contribution in [1.29, 1.82) is 0 Å². The van der Waals surface area contributed by atoms with Crippen LogP contribution in [0.25, 0.3) is 0 Å². The molecule has 16 heteroatoms. The van der Waals surface area contributed by atoms with Crippen molar-refractivity contribution < 1.29 is 46.9 Å². The first-order valence-electron chi connectivity index (χ1n) is 13.8. The first kappa shape index (κ1) is 31.9. The number of ether oxygens (including phenoxy) is 4. The van der Waals surface area contributed by atoms with E-state index in [0.29, 0.717) is 65.0 Å². The molecule has 4 N–H and O–H groups in total. The highest BCUT2D eigenvalue weighted by Gasteiger charge is 2.45. The number of rotatable bonds is 18. The number of carbonyl (C=O) groups is 4. The van der Waals surface area contributed by atoms with E-state index < -0.39 is 41.8 Å². The van der Waals surface area contributed by atoms with Gasteiger partial charge in [-0.2, -0.15) is 5.10 Å². The van der Waals surface area contributed by atoms with Crippen molar-refractivity contribution in [3.8, 4) is 0 Å². The number of amides is 4. The molecule has 0 bridgehead atoms. The molecule has 0 radical (unpaired) electrons. The van der Waals surface area contributed by atoms with Gasteiger partial charge < -0.3 is 30.0 Å². The molecule has 0 aliphatic carbocycles. The van der Waals surface area contributed by atoms with E-state index >= 15 is 0 Å². The molecule has 2 aromatic rings. The number of imide groups is 2. The van der Waals surface area contributed by atoms with Gasteiger partial charge in [-0.15, -0.1) is 0 Å². The van der Waals surface area contributed by atoms with E-state index in [-0.39, 0.29) is 36.3 Å². The minimum absolute atomic E-state index is 0.0477. The summed E-state index contributed by atoms with van der Waals surface area (Å²) < 4.78 is 48.5. The van der Waals surface area contributed by atoms with Crippen LogP contribution in [0.2, 0.25) is 0 Å². The van der Waals surface area contributed by atoms with Crippen LogP contribution in [0.5, 0.6) is 0 Å². The quantitative estimate of drug-likeness (QED) is 0.162. The lowest BCUT2D eigenvalue weighted by molar-refractivity contribution is -0.136. The minimum Gasteiger partial charge on any atom is -0.396 e. The number of fused-ring (bicyclic) bond motifs is 1. The summed E-state index contributed by atoms with van der Waals surface area (Å²) >= 11 is 0. The Kier molecular flexibility index (Phi) is 11.5. The molecule has 4 rings (SSSR count). The molecule has 1 atom stereocenters. The molecule has 234 valence electrons. The maximum Gasteiger partial charge on any atom is 0.284 e. The molecule has 43 heavy (non-hydrogen) atoms. The van der Waals surface area contributed by atoms with E-state index in [1.165, 1.54) is 16.9 Å². The van der Waals surface area contributed by atoms with E-state index in [4.69, 9.17) is 24.7 Å². The van der Waals surface area contributed by atoms with Crippen LogP contribution in [-0.4, -0.2) is 104 Å². The van der Waals surface area contributed by atoms with Crippen LogP contribution in [0.1, 0.15) is 45.7 Å². The average molecular weight is 609 g/mol. The van der Waals surface area contributed by atoms with E-state index in [1.807, 2.05) is 0 Å². The average Bonchev–Trinajstić information content (AvgIpc) is 3.47. The van der Waals surface area contributed by atoms with Crippen molar-refractivity contribution in [3.05, 3.63) is 41.2 Å². The van der Waals surface area contributed by atoms with Gasteiger partial charge in [0.05, 0.1) is 76.2 Å². The summed E-state index contributed by atoms with van der Waals surface area (Å²) in [4.78, 5) is 50.6. The number of nitrogens with two attached hydrogens (primary N) is 1. The molecule has 0 saturated carbocycles.